The second-order valence-corrected chi connectivity index (χ2v) is 3.13. The molecule has 0 radical (unpaired) electrons. The normalized spacial score (nSPS) is 9.86. The van der Waals surface area contributed by atoms with Gasteiger partial charge in [0.05, 0.1) is 5.69 Å². The first-order chi connectivity index (χ1) is 6.65. The fourth-order valence-electron chi connectivity index (χ4n) is 1.20. The number of rotatable bonds is 4. The summed E-state index contributed by atoms with van der Waals surface area (Å²) in [5.74, 6) is -0.0880. The summed E-state index contributed by atoms with van der Waals surface area (Å²) in [6, 6.07) is 1.77. The molecule has 0 aliphatic carbocycles. The molecule has 1 heterocycles. The highest BCUT2D eigenvalue weighted by Gasteiger charge is 2.09. The summed E-state index contributed by atoms with van der Waals surface area (Å²) in [6.45, 7) is 6.06. The molecule has 1 amide bonds. The lowest BCUT2D eigenvalue weighted by Crippen LogP contribution is -2.26. The first-order valence-corrected chi connectivity index (χ1v) is 4.55. The summed E-state index contributed by atoms with van der Waals surface area (Å²) >= 11 is 0. The quantitative estimate of drug-likeness (QED) is 0.573. The minimum atomic E-state index is -0.0880. The number of nitrogens with zero attached hydrogens (tertiary/aromatic N) is 2. The summed E-state index contributed by atoms with van der Waals surface area (Å²) in [4.78, 5) is 11.5. The van der Waals surface area contributed by atoms with E-state index in [-0.39, 0.29) is 5.91 Å². The van der Waals surface area contributed by atoms with Crippen LogP contribution in [0.4, 0.5) is 0 Å². The second kappa shape index (κ2) is 4.60. The van der Waals surface area contributed by atoms with E-state index >= 15 is 0 Å². The molecule has 0 aliphatic heterocycles. The van der Waals surface area contributed by atoms with Gasteiger partial charge in [-0.15, -0.1) is 6.58 Å². The summed E-state index contributed by atoms with van der Waals surface area (Å²) < 4.78 is 1.58. The van der Waals surface area contributed by atoms with Crippen molar-refractivity contribution in [2.45, 2.75) is 13.3 Å². The molecule has 0 fully saturated rings. The van der Waals surface area contributed by atoms with E-state index in [1.54, 1.807) is 23.9 Å². The van der Waals surface area contributed by atoms with Crippen LogP contribution in [0.5, 0.6) is 0 Å². The first kappa shape index (κ1) is 10.5. The molecule has 0 atom stereocenters. The maximum Gasteiger partial charge on any atom is 0.269 e. The minimum absolute atomic E-state index is 0.0880. The lowest BCUT2D eigenvalue weighted by atomic mass is 10.3. The number of aryl methyl sites for hydroxylation is 2. The first-order valence-electron chi connectivity index (χ1n) is 4.55. The van der Waals surface area contributed by atoms with Crippen LogP contribution in [0.15, 0.2) is 18.7 Å². The molecule has 1 rings (SSSR count). The van der Waals surface area contributed by atoms with Crippen LogP contribution in [0, 0.1) is 6.92 Å². The zero-order valence-corrected chi connectivity index (χ0v) is 8.58. The van der Waals surface area contributed by atoms with E-state index in [0.29, 0.717) is 12.2 Å². The maximum absolute atomic E-state index is 11.5. The number of hydrogen-bond donors (Lipinski definition) is 1. The van der Waals surface area contributed by atoms with Crippen molar-refractivity contribution in [1.29, 1.82) is 0 Å². The van der Waals surface area contributed by atoms with Crippen LogP contribution in [0.1, 0.15) is 22.6 Å². The zero-order valence-electron chi connectivity index (χ0n) is 8.58. The van der Waals surface area contributed by atoms with E-state index in [2.05, 4.69) is 17.0 Å². The van der Waals surface area contributed by atoms with Crippen molar-refractivity contribution >= 4 is 5.91 Å². The van der Waals surface area contributed by atoms with Crippen LogP contribution in [-0.2, 0) is 7.05 Å². The Hall–Kier alpha value is -1.58. The highest BCUT2D eigenvalue weighted by Crippen LogP contribution is 2.01. The van der Waals surface area contributed by atoms with Gasteiger partial charge in [-0.05, 0) is 19.4 Å². The number of hydrogen-bond acceptors (Lipinski definition) is 2. The Labute approximate surface area is 83.6 Å². The molecule has 0 bridgehead atoms. The molecule has 14 heavy (non-hydrogen) atoms. The number of carbonyl (C=O) groups excluding carboxylic acids is 1. The van der Waals surface area contributed by atoms with Gasteiger partial charge in [-0.25, -0.2) is 0 Å². The van der Waals surface area contributed by atoms with Crippen LogP contribution in [0.2, 0.25) is 0 Å². The molecule has 0 aliphatic rings. The van der Waals surface area contributed by atoms with E-state index in [9.17, 15) is 4.79 Å². The molecule has 1 aromatic rings. The van der Waals surface area contributed by atoms with Crippen LogP contribution >= 0.6 is 0 Å². The summed E-state index contributed by atoms with van der Waals surface area (Å²) in [5, 5.41) is 6.88. The SMILES string of the molecule is C=CCCNC(=O)c1cc(C)nn1C. The molecular weight excluding hydrogens is 178 g/mol. The van der Waals surface area contributed by atoms with Gasteiger partial charge in [0.2, 0.25) is 0 Å². The predicted molar refractivity (Wildman–Crippen MR) is 55.1 cm³/mol. The van der Waals surface area contributed by atoms with Crippen molar-refractivity contribution < 1.29 is 4.79 Å². The number of aromatic nitrogens is 2. The Morgan fingerprint density at radius 2 is 2.50 bits per heavy atom. The van der Waals surface area contributed by atoms with E-state index in [4.69, 9.17) is 0 Å². The molecule has 0 aromatic carbocycles. The van der Waals surface area contributed by atoms with Gasteiger partial charge < -0.3 is 5.32 Å². The van der Waals surface area contributed by atoms with Crippen molar-refractivity contribution in [1.82, 2.24) is 15.1 Å². The monoisotopic (exact) mass is 193 g/mol. The third-order valence-electron chi connectivity index (χ3n) is 1.87. The molecule has 76 valence electrons. The highest BCUT2D eigenvalue weighted by atomic mass is 16.2. The van der Waals surface area contributed by atoms with Gasteiger partial charge in [-0.2, -0.15) is 5.10 Å². The van der Waals surface area contributed by atoms with Gasteiger partial charge in [-0.3, -0.25) is 9.48 Å². The fraction of sp³-hybridized carbons (Fsp3) is 0.400. The lowest BCUT2D eigenvalue weighted by molar-refractivity contribution is 0.0945. The van der Waals surface area contributed by atoms with E-state index < -0.39 is 0 Å². The number of nitrogens with one attached hydrogen (secondary N) is 1. The largest absolute Gasteiger partial charge is 0.350 e. The van der Waals surface area contributed by atoms with Crippen LogP contribution in [0.3, 0.4) is 0 Å². The third kappa shape index (κ3) is 2.45. The van der Waals surface area contributed by atoms with Crippen LogP contribution < -0.4 is 5.32 Å². The Kier molecular flexibility index (Phi) is 3.45. The average molecular weight is 193 g/mol. The minimum Gasteiger partial charge on any atom is -0.350 e. The van der Waals surface area contributed by atoms with Gasteiger partial charge in [0.15, 0.2) is 0 Å². The summed E-state index contributed by atoms with van der Waals surface area (Å²) in [5.41, 5.74) is 1.44. The highest BCUT2D eigenvalue weighted by molar-refractivity contribution is 5.92. The molecular formula is C10H15N3O. The molecule has 0 unspecified atom stereocenters. The van der Waals surface area contributed by atoms with Crippen molar-refractivity contribution in [3.8, 4) is 0 Å². The van der Waals surface area contributed by atoms with E-state index in [1.165, 1.54) is 0 Å². The van der Waals surface area contributed by atoms with Crippen molar-refractivity contribution in [3.05, 3.63) is 30.1 Å². The fourth-order valence-corrected chi connectivity index (χ4v) is 1.20. The number of amides is 1. The van der Waals surface area contributed by atoms with Gasteiger partial charge in [-0.1, -0.05) is 6.08 Å². The molecule has 4 heteroatoms. The van der Waals surface area contributed by atoms with Gasteiger partial charge in [0.25, 0.3) is 5.91 Å². The van der Waals surface area contributed by atoms with Gasteiger partial charge in [0, 0.05) is 13.6 Å². The molecule has 0 saturated heterocycles. The standard InChI is InChI=1S/C10H15N3O/c1-4-5-6-11-10(14)9-7-8(2)12-13(9)3/h4,7H,1,5-6H2,2-3H3,(H,11,14). The third-order valence-corrected chi connectivity index (χ3v) is 1.87. The number of carbonyl (C=O) groups is 1. The summed E-state index contributed by atoms with van der Waals surface area (Å²) in [6.07, 6.45) is 2.55. The topological polar surface area (TPSA) is 46.9 Å². The van der Waals surface area contributed by atoms with Crippen LogP contribution in [0.25, 0.3) is 0 Å². The smallest absolute Gasteiger partial charge is 0.269 e. The average Bonchev–Trinajstić information content (AvgIpc) is 2.45. The van der Waals surface area contributed by atoms with E-state index in [1.807, 2.05) is 6.92 Å². The van der Waals surface area contributed by atoms with Crippen molar-refractivity contribution in [3.63, 3.8) is 0 Å². The Morgan fingerprint density at radius 3 is 3.00 bits per heavy atom. The Bertz CT molecular complexity index is 341. The predicted octanol–water partition coefficient (Wildman–Crippen LogP) is 1.03. The van der Waals surface area contributed by atoms with Crippen LogP contribution in [-0.4, -0.2) is 22.2 Å². The van der Waals surface area contributed by atoms with E-state index in [0.717, 1.165) is 12.1 Å². The second-order valence-electron chi connectivity index (χ2n) is 3.13. The maximum atomic E-state index is 11.5. The Balaban J connectivity index is 2.60. The zero-order chi connectivity index (χ0) is 10.6. The summed E-state index contributed by atoms with van der Waals surface area (Å²) in [7, 11) is 1.76. The van der Waals surface area contributed by atoms with Crippen molar-refractivity contribution in [2.75, 3.05) is 6.54 Å². The Morgan fingerprint density at radius 1 is 1.79 bits per heavy atom. The molecule has 4 nitrogen and oxygen atoms in total. The van der Waals surface area contributed by atoms with Gasteiger partial charge >= 0.3 is 0 Å². The molecule has 0 spiro atoms. The molecule has 1 N–H and O–H groups in total. The molecule has 0 saturated carbocycles. The van der Waals surface area contributed by atoms with Gasteiger partial charge in [0.1, 0.15) is 5.69 Å². The van der Waals surface area contributed by atoms with Crippen molar-refractivity contribution in [2.24, 2.45) is 7.05 Å². The lowest BCUT2D eigenvalue weighted by Gasteiger charge is -2.02. The molecule has 1 aromatic heterocycles.